The van der Waals surface area contributed by atoms with Crippen molar-refractivity contribution in [2.75, 3.05) is 0 Å². The van der Waals surface area contributed by atoms with Gasteiger partial charge in [-0.3, -0.25) is 0 Å². The average molecular weight is 408 g/mol. The Bertz CT molecular complexity index is 814. The van der Waals surface area contributed by atoms with Crippen LogP contribution in [0, 0.1) is 11.3 Å². The van der Waals surface area contributed by atoms with Gasteiger partial charge in [-0.25, -0.2) is 0 Å². The van der Waals surface area contributed by atoms with E-state index in [1.54, 1.807) is 12.1 Å². The monoisotopic (exact) mass is 406 g/mol. The van der Waals surface area contributed by atoms with Crippen LogP contribution in [0.4, 0.5) is 0 Å². The van der Waals surface area contributed by atoms with E-state index in [1.807, 2.05) is 42.5 Å². The number of halogens is 2. The zero-order valence-electron chi connectivity index (χ0n) is 11.9. The largest absolute Gasteiger partial charge is 0.488 e. The first kappa shape index (κ1) is 17.5. The summed E-state index contributed by atoms with van der Waals surface area (Å²) in [5.74, 6) is 0.608. The summed E-state index contributed by atoms with van der Waals surface area (Å²) < 4.78 is 6.70. The third-order valence-electron chi connectivity index (χ3n) is 3.00. The molecule has 0 bridgehead atoms. The van der Waals surface area contributed by atoms with Crippen LogP contribution >= 0.6 is 39.7 Å². The lowest BCUT2D eigenvalue weighted by molar-refractivity contribution is 0.305. The highest BCUT2D eigenvalue weighted by Crippen LogP contribution is 2.27. The molecule has 2 aromatic carbocycles. The number of benzene rings is 2. The molecule has 0 spiro atoms. The Morgan fingerprint density at radius 3 is 2.74 bits per heavy atom. The molecule has 0 atom stereocenters. The van der Waals surface area contributed by atoms with Gasteiger partial charge in [-0.1, -0.05) is 57.9 Å². The fourth-order valence-electron chi connectivity index (χ4n) is 1.85. The van der Waals surface area contributed by atoms with Gasteiger partial charge in [0.15, 0.2) is 0 Å². The molecule has 0 amide bonds. The van der Waals surface area contributed by atoms with Crippen molar-refractivity contribution in [2.24, 2.45) is 5.73 Å². The second kappa shape index (κ2) is 8.11. The minimum absolute atomic E-state index is 0.0459. The van der Waals surface area contributed by atoms with Crippen LogP contribution in [0.15, 0.2) is 52.5 Å². The zero-order valence-corrected chi connectivity index (χ0v) is 15.1. The summed E-state index contributed by atoms with van der Waals surface area (Å²) in [4.78, 5) is 0.0459. The number of rotatable bonds is 5. The van der Waals surface area contributed by atoms with E-state index >= 15 is 0 Å². The molecule has 2 N–H and O–H groups in total. The smallest absolute Gasteiger partial charge is 0.127 e. The van der Waals surface area contributed by atoms with Gasteiger partial charge in [0.25, 0.3) is 0 Å². The molecule has 0 aliphatic heterocycles. The highest BCUT2D eigenvalue weighted by Gasteiger charge is 2.08. The Morgan fingerprint density at radius 1 is 1.35 bits per heavy atom. The number of hydrogen-bond donors (Lipinski definition) is 1. The molecule has 3 nitrogen and oxygen atoms in total. The number of ether oxygens (including phenoxy) is 1. The second-order valence-corrected chi connectivity index (χ2v) is 6.36. The number of nitrogens with two attached hydrogens (primary N) is 1. The van der Waals surface area contributed by atoms with Crippen LogP contribution in [0.1, 0.15) is 11.1 Å². The summed E-state index contributed by atoms with van der Waals surface area (Å²) in [7, 11) is 0. The summed E-state index contributed by atoms with van der Waals surface area (Å²) in [5, 5.41) is 9.75. The molecule has 0 unspecified atom stereocenters. The van der Waals surface area contributed by atoms with E-state index in [9.17, 15) is 0 Å². The third kappa shape index (κ3) is 4.80. The summed E-state index contributed by atoms with van der Waals surface area (Å²) >= 11 is 14.4. The Morgan fingerprint density at radius 2 is 2.09 bits per heavy atom. The van der Waals surface area contributed by atoms with Gasteiger partial charge in [-0.2, -0.15) is 5.26 Å². The Labute approximate surface area is 153 Å². The maximum Gasteiger partial charge on any atom is 0.127 e. The van der Waals surface area contributed by atoms with Crippen LogP contribution in [0.5, 0.6) is 5.75 Å². The summed E-state index contributed by atoms with van der Waals surface area (Å²) in [5.41, 5.74) is 7.34. The van der Waals surface area contributed by atoms with Gasteiger partial charge < -0.3 is 10.5 Å². The lowest BCUT2D eigenvalue weighted by Crippen LogP contribution is -2.09. The first-order valence-electron chi connectivity index (χ1n) is 6.58. The molecule has 0 heterocycles. The van der Waals surface area contributed by atoms with Crippen LogP contribution in [-0.4, -0.2) is 4.99 Å². The Kier molecular flexibility index (Phi) is 6.17. The quantitative estimate of drug-likeness (QED) is 0.436. The van der Waals surface area contributed by atoms with E-state index in [4.69, 9.17) is 39.6 Å². The van der Waals surface area contributed by atoms with Crippen molar-refractivity contribution in [2.45, 2.75) is 6.61 Å². The molecule has 0 aliphatic carbocycles. The zero-order chi connectivity index (χ0) is 16.8. The molecular formula is C17H12BrClN2OS. The van der Waals surface area contributed by atoms with Crippen molar-refractivity contribution < 1.29 is 4.74 Å². The first-order valence-corrected chi connectivity index (χ1v) is 8.16. The van der Waals surface area contributed by atoms with Crippen LogP contribution < -0.4 is 10.5 Å². The van der Waals surface area contributed by atoms with Crippen LogP contribution in [0.3, 0.4) is 0 Å². The van der Waals surface area contributed by atoms with Gasteiger partial charge in [0.1, 0.15) is 23.4 Å². The topological polar surface area (TPSA) is 59.0 Å². The van der Waals surface area contributed by atoms with E-state index < -0.39 is 0 Å². The van der Waals surface area contributed by atoms with Crippen molar-refractivity contribution in [3.8, 4) is 11.8 Å². The van der Waals surface area contributed by atoms with E-state index in [2.05, 4.69) is 15.9 Å². The summed E-state index contributed by atoms with van der Waals surface area (Å²) in [6.45, 7) is 0.317. The van der Waals surface area contributed by atoms with Crippen molar-refractivity contribution in [3.63, 3.8) is 0 Å². The van der Waals surface area contributed by atoms with Gasteiger partial charge in [0.2, 0.25) is 0 Å². The minimum Gasteiger partial charge on any atom is -0.488 e. The van der Waals surface area contributed by atoms with E-state index in [0.717, 1.165) is 10.0 Å². The maximum absolute atomic E-state index is 9.11. The van der Waals surface area contributed by atoms with E-state index in [1.165, 1.54) is 0 Å². The molecule has 23 heavy (non-hydrogen) atoms. The van der Waals surface area contributed by atoms with Gasteiger partial charge in [0, 0.05) is 20.6 Å². The van der Waals surface area contributed by atoms with Crippen LogP contribution in [0.2, 0.25) is 5.02 Å². The standard InChI is InChI=1S/C17H12BrClN2OS/c18-14-5-6-16(12(8-14)7-13(9-20)17(21)23)22-10-11-3-1-2-4-15(11)19/h1-8H,10H2,(H2,21,23). The number of hydrogen-bond acceptors (Lipinski definition) is 3. The van der Waals surface area contributed by atoms with Gasteiger partial charge in [-0.05, 0) is 30.3 Å². The second-order valence-electron chi connectivity index (χ2n) is 4.60. The number of nitriles is 1. The minimum atomic E-state index is 0.0459. The lowest BCUT2D eigenvalue weighted by Gasteiger charge is -2.11. The predicted octanol–water partition coefficient (Wildman–Crippen LogP) is 4.87. The highest BCUT2D eigenvalue weighted by atomic mass is 79.9. The van der Waals surface area contributed by atoms with Crippen LogP contribution in [0.25, 0.3) is 6.08 Å². The van der Waals surface area contributed by atoms with Gasteiger partial charge >= 0.3 is 0 Å². The molecule has 0 radical (unpaired) electrons. The SMILES string of the molecule is N#CC(=Cc1cc(Br)ccc1OCc1ccccc1Cl)C(N)=S. The highest BCUT2D eigenvalue weighted by molar-refractivity contribution is 9.10. The maximum atomic E-state index is 9.11. The molecule has 0 saturated heterocycles. The van der Waals surface area contributed by atoms with Crippen molar-refractivity contribution in [1.82, 2.24) is 0 Å². The van der Waals surface area contributed by atoms with Gasteiger partial charge in [-0.15, -0.1) is 0 Å². The first-order chi connectivity index (χ1) is 11.0. The van der Waals surface area contributed by atoms with Gasteiger partial charge in [0.05, 0.1) is 5.57 Å². The number of nitrogens with zero attached hydrogens (tertiary/aromatic N) is 1. The lowest BCUT2D eigenvalue weighted by atomic mass is 10.1. The third-order valence-corrected chi connectivity index (χ3v) is 4.08. The molecule has 0 saturated carbocycles. The van der Waals surface area contributed by atoms with Crippen molar-refractivity contribution in [3.05, 3.63) is 68.7 Å². The molecular weight excluding hydrogens is 396 g/mol. The molecule has 116 valence electrons. The normalized spacial score (nSPS) is 10.9. The molecule has 0 aromatic heterocycles. The Hall–Kier alpha value is -1.87. The van der Waals surface area contributed by atoms with Crippen LogP contribution in [-0.2, 0) is 6.61 Å². The fourth-order valence-corrected chi connectivity index (χ4v) is 2.52. The molecule has 6 heteroatoms. The van der Waals surface area contributed by atoms with Crippen molar-refractivity contribution in [1.29, 1.82) is 5.26 Å². The average Bonchev–Trinajstić information content (AvgIpc) is 2.52. The molecule has 0 fully saturated rings. The van der Waals surface area contributed by atoms with E-state index in [0.29, 0.717) is 22.9 Å². The molecule has 2 aromatic rings. The Balaban J connectivity index is 2.31. The van der Waals surface area contributed by atoms with E-state index in [-0.39, 0.29) is 10.6 Å². The number of thiocarbonyl (C=S) groups is 1. The molecule has 2 rings (SSSR count). The summed E-state index contributed by atoms with van der Waals surface area (Å²) in [6.07, 6.45) is 1.61. The summed E-state index contributed by atoms with van der Waals surface area (Å²) in [6, 6.07) is 14.9. The van der Waals surface area contributed by atoms with Crippen molar-refractivity contribution >= 4 is 50.8 Å². The fraction of sp³-hybridized carbons (Fsp3) is 0.0588. The predicted molar refractivity (Wildman–Crippen MR) is 100 cm³/mol. The molecule has 0 aliphatic rings.